The van der Waals surface area contributed by atoms with Gasteiger partial charge in [-0.2, -0.15) is 0 Å². The summed E-state index contributed by atoms with van der Waals surface area (Å²) in [7, 11) is 0. The van der Waals surface area contributed by atoms with E-state index in [2.05, 4.69) is 0 Å². The molecule has 1 saturated carbocycles. The van der Waals surface area contributed by atoms with E-state index in [1.807, 2.05) is 13.0 Å². The summed E-state index contributed by atoms with van der Waals surface area (Å²) in [5.41, 5.74) is 2.73. The summed E-state index contributed by atoms with van der Waals surface area (Å²) < 4.78 is 0. The van der Waals surface area contributed by atoms with Gasteiger partial charge in [-0.1, -0.05) is 5.57 Å². The molecule has 0 heterocycles. The maximum Gasteiger partial charge on any atom is 0.0894 e. The number of hydrogen-bond acceptors (Lipinski definition) is 1. The monoisotopic (exact) mass is 124 g/mol. The van der Waals surface area contributed by atoms with Crippen molar-refractivity contribution in [1.29, 1.82) is 0 Å². The maximum absolute atomic E-state index is 8.83. The summed E-state index contributed by atoms with van der Waals surface area (Å²) in [5.74, 6) is 0.409. The first kappa shape index (κ1) is 6.40. The minimum atomic E-state index is 0.409. The highest BCUT2D eigenvalue weighted by Gasteiger charge is 2.12. The maximum atomic E-state index is 8.83. The molecule has 0 spiro atoms. The average Bonchev–Trinajstić information content (AvgIpc) is 2.40. The fourth-order valence-corrected chi connectivity index (χ4v) is 0.872. The number of hydrogen-bond donors (Lipinski definition) is 1. The number of aliphatic hydroxyl groups excluding tert-OH is 1. The highest BCUT2D eigenvalue weighted by Crippen LogP contribution is 2.31. The second-order valence-electron chi connectivity index (χ2n) is 2.57. The molecule has 0 atom stereocenters. The van der Waals surface area contributed by atoms with E-state index in [4.69, 9.17) is 5.11 Å². The molecular formula is C8H12O. The first-order chi connectivity index (χ1) is 4.20. The lowest BCUT2D eigenvalue weighted by atomic mass is 10.2. The third kappa shape index (κ3) is 1.92. The van der Waals surface area contributed by atoms with Gasteiger partial charge in [0.25, 0.3) is 0 Å². The van der Waals surface area contributed by atoms with Crippen molar-refractivity contribution >= 4 is 0 Å². The van der Waals surface area contributed by atoms with Crippen LogP contribution in [0.1, 0.15) is 26.7 Å². The van der Waals surface area contributed by atoms with Crippen LogP contribution in [0.25, 0.3) is 0 Å². The van der Waals surface area contributed by atoms with Crippen LogP contribution in [0.4, 0.5) is 0 Å². The van der Waals surface area contributed by atoms with E-state index < -0.39 is 0 Å². The van der Waals surface area contributed by atoms with Crippen LogP contribution in [0.5, 0.6) is 0 Å². The average molecular weight is 124 g/mol. The normalized spacial score (nSPS) is 18.0. The summed E-state index contributed by atoms with van der Waals surface area (Å²) in [4.78, 5) is 0. The lowest BCUT2D eigenvalue weighted by Crippen LogP contribution is -1.72. The molecule has 1 fully saturated rings. The van der Waals surface area contributed by atoms with E-state index in [9.17, 15) is 0 Å². The highest BCUT2D eigenvalue weighted by atomic mass is 16.3. The zero-order valence-electron chi connectivity index (χ0n) is 5.94. The molecule has 0 aromatic carbocycles. The van der Waals surface area contributed by atoms with Gasteiger partial charge in [0.05, 0.1) is 5.76 Å². The van der Waals surface area contributed by atoms with Crippen LogP contribution in [0, 0.1) is 0 Å². The van der Waals surface area contributed by atoms with Crippen molar-refractivity contribution in [1.82, 2.24) is 0 Å². The number of aliphatic hydroxyl groups is 1. The Morgan fingerprint density at radius 2 is 2.00 bits per heavy atom. The van der Waals surface area contributed by atoms with Gasteiger partial charge >= 0.3 is 0 Å². The lowest BCUT2D eigenvalue weighted by molar-refractivity contribution is 0.414. The van der Waals surface area contributed by atoms with Gasteiger partial charge in [-0.25, -0.2) is 0 Å². The smallest absolute Gasteiger partial charge is 0.0894 e. The van der Waals surface area contributed by atoms with Crippen molar-refractivity contribution in [3.63, 3.8) is 0 Å². The standard InChI is InChI=1S/C8H12O/c1-6(5-7(2)9)8-3-4-8/h5,9H,3-4H2,1-2H3/b7-5-. The predicted octanol–water partition coefficient (Wildman–Crippen LogP) is 2.56. The Bertz CT molecular complexity index is 165. The van der Waals surface area contributed by atoms with Crippen LogP contribution < -0.4 is 0 Å². The van der Waals surface area contributed by atoms with Gasteiger partial charge in [0, 0.05) is 0 Å². The van der Waals surface area contributed by atoms with Crippen molar-refractivity contribution < 1.29 is 5.11 Å². The van der Waals surface area contributed by atoms with Crippen molar-refractivity contribution in [2.45, 2.75) is 26.7 Å². The topological polar surface area (TPSA) is 20.2 Å². The van der Waals surface area contributed by atoms with Crippen molar-refractivity contribution in [2.24, 2.45) is 0 Å². The molecule has 0 bridgehead atoms. The van der Waals surface area contributed by atoms with Gasteiger partial charge in [0.2, 0.25) is 0 Å². The zero-order valence-corrected chi connectivity index (χ0v) is 5.94. The first-order valence-corrected chi connectivity index (χ1v) is 3.26. The number of rotatable bonds is 1. The Balaban J connectivity index is 2.63. The Morgan fingerprint density at radius 1 is 1.44 bits per heavy atom. The van der Waals surface area contributed by atoms with Gasteiger partial charge in [0.1, 0.15) is 0 Å². The first-order valence-electron chi connectivity index (χ1n) is 3.26. The summed E-state index contributed by atoms with van der Waals surface area (Å²) in [6, 6.07) is 0. The van der Waals surface area contributed by atoms with Crippen molar-refractivity contribution in [3.05, 3.63) is 23.0 Å². The van der Waals surface area contributed by atoms with E-state index in [1.54, 1.807) is 6.92 Å². The lowest BCUT2D eigenvalue weighted by Gasteiger charge is -1.89. The molecule has 0 aromatic heterocycles. The van der Waals surface area contributed by atoms with Crippen LogP contribution in [-0.2, 0) is 0 Å². The van der Waals surface area contributed by atoms with E-state index in [-0.39, 0.29) is 0 Å². The van der Waals surface area contributed by atoms with Crippen LogP contribution in [0.3, 0.4) is 0 Å². The van der Waals surface area contributed by atoms with Crippen molar-refractivity contribution in [2.75, 3.05) is 0 Å². The van der Waals surface area contributed by atoms with E-state index in [0.717, 1.165) is 0 Å². The fraction of sp³-hybridized carbons (Fsp3) is 0.500. The Hall–Kier alpha value is -0.720. The zero-order chi connectivity index (χ0) is 6.85. The summed E-state index contributed by atoms with van der Waals surface area (Å²) >= 11 is 0. The second-order valence-corrected chi connectivity index (χ2v) is 2.57. The van der Waals surface area contributed by atoms with Crippen LogP contribution in [0.15, 0.2) is 23.0 Å². The molecule has 1 aliphatic carbocycles. The van der Waals surface area contributed by atoms with Gasteiger partial charge in [0.15, 0.2) is 0 Å². The van der Waals surface area contributed by atoms with E-state index in [1.165, 1.54) is 24.0 Å². The second kappa shape index (κ2) is 2.26. The Labute approximate surface area is 55.7 Å². The van der Waals surface area contributed by atoms with Crippen LogP contribution >= 0.6 is 0 Å². The molecule has 1 nitrogen and oxygen atoms in total. The molecule has 0 unspecified atom stereocenters. The SMILES string of the molecule is CC(/C=C(/C)O)=C1CC1. The predicted molar refractivity (Wildman–Crippen MR) is 38.3 cm³/mol. The molecule has 0 amide bonds. The molecule has 0 saturated heterocycles. The molecule has 50 valence electrons. The third-order valence-corrected chi connectivity index (χ3v) is 1.48. The Morgan fingerprint density at radius 3 is 2.33 bits per heavy atom. The van der Waals surface area contributed by atoms with Gasteiger partial charge < -0.3 is 5.11 Å². The highest BCUT2D eigenvalue weighted by molar-refractivity contribution is 5.31. The molecule has 1 N–H and O–H groups in total. The third-order valence-electron chi connectivity index (χ3n) is 1.48. The molecule has 1 rings (SSSR count). The van der Waals surface area contributed by atoms with E-state index in [0.29, 0.717) is 5.76 Å². The van der Waals surface area contributed by atoms with Gasteiger partial charge in [-0.3, -0.25) is 0 Å². The summed E-state index contributed by atoms with van der Waals surface area (Å²) in [6.07, 6.45) is 4.29. The molecule has 0 radical (unpaired) electrons. The molecule has 0 aliphatic heterocycles. The molecule has 1 aliphatic rings. The molecule has 0 aromatic rings. The van der Waals surface area contributed by atoms with Crippen LogP contribution in [0.2, 0.25) is 0 Å². The molecule has 9 heavy (non-hydrogen) atoms. The minimum absolute atomic E-state index is 0.409. The van der Waals surface area contributed by atoms with E-state index >= 15 is 0 Å². The van der Waals surface area contributed by atoms with Gasteiger partial charge in [-0.05, 0) is 38.3 Å². The minimum Gasteiger partial charge on any atom is -0.513 e. The van der Waals surface area contributed by atoms with Gasteiger partial charge in [-0.15, -0.1) is 0 Å². The molecule has 1 heteroatoms. The largest absolute Gasteiger partial charge is 0.513 e. The quantitative estimate of drug-likeness (QED) is 0.532. The summed E-state index contributed by atoms with van der Waals surface area (Å²) in [5, 5.41) is 8.83. The number of allylic oxidation sites excluding steroid dienone is 4. The molecular weight excluding hydrogens is 112 g/mol. The van der Waals surface area contributed by atoms with Crippen molar-refractivity contribution in [3.8, 4) is 0 Å². The fourth-order valence-electron chi connectivity index (χ4n) is 0.872. The summed E-state index contributed by atoms with van der Waals surface area (Å²) in [6.45, 7) is 3.74. The van der Waals surface area contributed by atoms with Crippen LogP contribution in [-0.4, -0.2) is 5.11 Å². The Kier molecular flexibility index (Phi) is 1.60.